The number of hydrogen-bond donors (Lipinski definition) is 3. The van der Waals surface area contributed by atoms with Gasteiger partial charge >= 0.3 is 12.2 Å². The van der Waals surface area contributed by atoms with Gasteiger partial charge in [0, 0.05) is 50.1 Å². The van der Waals surface area contributed by atoms with Crippen LogP contribution in [0.1, 0.15) is 19.3 Å². The van der Waals surface area contributed by atoms with Crippen LogP contribution in [0, 0.1) is 0 Å². The Labute approximate surface area is 369 Å². The molecule has 354 valence electrons. The number of carbonyl (C=O) groups excluding carboxylic acids is 2. The van der Waals surface area contributed by atoms with Crippen LogP contribution in [-0.2, 0) is 52.1 Å². The van der Waals surface area contributed by atoms with E-state index in [1.165, 1.54) is 0 Å². The second-order valence-corrected chi connectivity index (χ2v) is 12.9. The quantitative estimate of drug-likeness (QED) is 0.0643. The molecule has 2 heterocycles. The molecule has 2 amide bonds. The van der Waals surface area contributed by atoms with Crippen LogP contribution in [0.25, 0.3) is 11.4 Å². The fourth-order valence-electron chi connectivity index (χ4n) is 4.71. The predicted octanol–water partition coefficient (Wildman–Crippen LogP) is 2.90. The van der Waals surface area contributed by atoms with Crippen LogP contribution in [0.3, 0.4) is 0 Å². The first-order valence-corrected chi connectivity index (χ1v) is 21.5. The zero-order valence-electron chi connectivity index (χ0n) is 35.8. The van der Waals surface area contributed by atoms with Crippen molar-refractivity contribution >= 4 is 23.8 Å². The minimum Gasteiger partial charge on any atom is -0.491 e. The number of aliphatic hydroxyl groups excluding tert-OH is 1. The number of unbranched alkanes of at least 4 members (excludes halogenated alkanes) is 2. The first kappa shape index (κ1) is 54.5. The van der Waals surface area contributed by atoms with Gasteiger partial charge in [0.2, 0.25) is 0 Å². The number of pyridine rings is 2. The molecule has 0 spiro atoms. The van der Waals surface area contributed by atoms with Crippen molar-refractivity contribution in [2.45, 2.75) is 19.3 Å². The molecule has 0 bridgehead atoms. The van der Waals surface area contributed by atoms with Gasteiger partial charge in [0.05, 0.1) is 130 Å². The van der Waals surface area contributed by atoms with E-state index in [4.69, 9.17) is 78.3 Å². The van der Waals surface area contributed by atoms with Crippen molar-refractivity contribution in [1.29, 1.82) is 0 Å². The highest BCUT2D eigenvalue weighted by Gasteiger charge is 2.07. The third kappa shape index (κ3) is 33.0. The van der Waals surface area contributed by atoms with Crippen LogP contribution in [0.2, 0.25) is 0 Å². The fraction of sp³-hybridized carbons (Fsp3) is 0.707. The van der Waals surface area contributed by atoms with Crippen LogP contribution in [0.5, 0.6) is 11.5 Å². The molecule has 0 radical (unpaired) electrons. The molecule has 20 nitrogen and oxygen atoms in total. The second-order valence-electron chi connectivity index (χ2n) is 12.6. The summed E-state index contributed by atoms with van der Waals surface area (Å²) < 4.78 is 70.4. The number of halogens is 1. The number of carbonyl (C=O) groups is 2. The number of amides is 2. The summed E-state index contributed by atoms with van der Waals surface area (Å²) in [6, 6.07) is 7.11. The van der Waals surface area contributed by atoms with Gasteiger partial charge in [0.25, 0.3) is 0 Å². The Morgan fingerprint density at radius 2 is 0.839 bits per heavy atom. The summed E-state index contributed by atoms with van der Waals surface area (Å²) in [6.07, 6.45) is 5.25. The van der Waals surface area contributed by atoms with Gasteiger partial charge in [0.1, 0.15) is 37.9 Å². The zero-order valence-corrected chi connectivity index (χ0v) is 36.6. The summed E-state index contributed by atoms with van der Waals surface area (Å²) in [7, 11) is 0. The van der Waals surface area contributed by atoms with Crippen molar-refractivity contribution < 1.29 is 76.3 Å². The maximum Gasteiger partial charge on any atom is 0.407 e. The number of aromatic nitrogens is 2. The van der Waals surface area contributed by atoms with Crippen LogP contribution < -0.4 is 20.1 Å². The van der Waals surface area contributed by atoms with Crippen LogP contribution in [-0.4, -0.2) is 198 Å². The maximum atomic E-state index is 11.8. The van der Waals surface area contributed by atoms with Gasteiger partial charge < -0.3 is 77.3 Å². The molecule has 2 rings (SSSR count). The summed E-state index contributed by atoms with van der Waals surface area (Å²) in [6.45, 7) is 8.36. The summed E-state index contributed by atoms with van der Waals surface area (Å²) in [5.74, 6) is 1.94. The van der Waals surface area contributed by atoms with Crippen molar-refractivity contribution in [1.82, 2.24) is 20.6 Å². The molecule has 0 aromatic carbocycles. The molecule has 0 atom stereocenters. The Morgan fingerprint density at radius 1 is 0.468 bits per heavy atom. The molecule has 2 aromatic rings. The van der Waals surface area contributed by atoms with Crippen LogP contribution in [0.4, 0.5) is 9.59 Å². The van der Waals surface area contributed by atoms with E-state index in [1.54, 1.807) is 36.7 Å². The number of hydrogen-bond acceptors (Lipinski definition) is 18. The van der Waals surface area contributed by atoms with Gasteiger partial charge in [-0.25, -0.2) is 9.59 Å². The SMILES string of the molecule is O=C(NCCOCCOCCCCCCl)OCCOCCOCCOCCNC(=O)OCCOCCOCCOc1ccnc(-c2cc(OCCOCCOCCO)ccn2)c1. The van der Waals surface area contributed by atoms with Gasteiger partial charge in [-0.15, -0.1) is 11.6 Å². The normalized spacial score (nSPS) is 11.1. The summed E-state index contributed by atoms with van der Waals surface area (Å²) in [5, 5.41) is 13.9. The molecule has 0 saturated heterocycles. The predicted molar refractivity (Wildman–Crippen MR) is 226 cm³/mol. The Hall–Kier alpha value is -3.67. The highest BCUT2D eigenvalue weighted by molar-refractivity contribution is 6.17. The zero-order chi connectivity index (χ0) is 44.2. The third-order valence-electron chi connectivity index (χ3n) is 7.69. The van der Waals surface area contributed by atoms with E-state index < -0.39 is 12.2 Å². The molecule has 0 aliphatic rings. The topological polar surface area (TPSA) is 224 Å². The van der Waals surface area contributed by atoms with Gasteiger partial charge in [-0.3, -0.25) is 9.97 Å². The Morgan fingerprint density at radius 3 is 1.26 bits per heavy atom. The first-order chi connectivity index (χ1) is 30.6. The molecule has 0 fully saturated rings. The highest BCUT2D eigenvalue weighted by atomic mass is 35.5. The number of aliphatic hydroxyl groups is 1. The lowest BCUT2D eigenvalue weighted by molar-refractivity contribution is 0.00556. The average Bonchev–Trinajstić information content (AvgIpc) is 3.28. The molecule has 0 saturated carbocycles. The standard InChI is InChI=1S/C41H67ClN4O16/c42-6-2-1-3-12-50-16-17-51-13-9-45-40(48)61-32-28-57-23-22-54-20-18-52-14-10-46-41(49)62-33-29-58-25-24-56-27-31-60-37-5-8-44-39(35-37)38-34-36(4-7-43-38)59-30-26-55-21-19-53-15-11-47/h4-5,7-8,34-35,47H,1-3,6,9-33H2,(H,45,48)(H,46,49). The third-order valence-corrected chi connectivity index (χ3v) is 7.96. The molecule has 0 unspecified atom stereocenters. The van der Waals surface area contributed by atoms with Crippen molar-refractivity contribution in [2.75, 3.05) is 171 Å². The van der Waals surface area contributed by atoms with Gasteiger partial charge in [-0.1, -0.05) is 0 Å². The molecule has 3 N–H and O–H groups in total. The molecular formula is C41H67ClN4O16. The molecule has 0 aliphatic carbocycles. The number of nitrogens with zero attached hydrogens (tertiary/aromatic N) is 2. The van der Waals surface area contributed by atoms with E-state index in [0.717, 1.165) is 19.3 Å². The Bertz CT molecular complexity index is 1360. The van der Waals surface area contributed by atoms with Crippen LogP contribution >= 0.6 is 11.6 Å². The van der Waals surface area contributed by atoms with E-state index in [0.29, 0.717) is 154 Å². The minimum atomic E-state index is -0.563. The molecule has 2 aromatic heterocycles. The van der Waals surface area contributed by atoms with Gasteiger partial charge in [-0.05, 0) is 31.4 Å². The van der Waals surface area contributed by atoms with E-state index in [9.17, 15) is 9.59 Å². The number of ether oxygens (including phenoxy) is 13. The molecule has 21 heteroatoms. The minimum absolute atomic E-state index is 0.0106. The van der Waals surface area contributed by atoms with Crippen molar-refractivity contribution in [3.05, 3.63) is 36.7 Å². The Balaban J connectivity index is 1.31. The smallest absolute Gasteiger partial charge is 0.407 e. The first-order valence-electron chi connectivity index (χ1n) is 21.0. The van der Waals surface area contributed by atoms with Crippen LogP contribution in [0.15, 0.2) is 36.7 Å². The maximum absolute atomic E-state index is 11.8. The summed E-state index contributed by atoms with van der Waals surface area (Å²) in [5.41, 5.74) is 1.27. The monoisotopic (exact) mass is 906 g/mol. The second kappa shape index (κ2) is 41.3. The average molecular weight is 907 g/mol. The summed E-state index contributed by atoms with van der Waals surface area (Å²) in [4.78, 5) is 32.3. The van der Waals surface area contributed by atoms with E-state index in [-0.39, 0.29) is 39.6 Å². The lowest BCUT2D eigenvalue weighted by Gasteiger charge is -2.10. The molecular weight excluding hydrogens is 840 g/mol. The summed E-state index contributed by atoms with van der Waals surface area (Å²) >= 11 is 5.63. The number of nitrogens with one attached hydrogen (secondary N) is 2. The lowest BCUT2D eigenvalue weighted by atomic mass is 10.2. The molecule has 62 heavy (non-hydrogen) atoms. The van der Waals surface area contributed by atoms with Crippen molar-refractivity contribution in [2.24, 2.45) is 0 Å². The van der Waals surface area contributed by atoms with E-state index in [1.807, 2.05) is 0 Å². The van der Waals surface area contributed by atoms with Gasteiger partial charge in [-0.2, -0.15) is 0 Å². The lowest BCUT2D eigenvalue weighted by Crippen LogP contribution is -2.29. The van der Waals surface area contributed by atoms with Crippen molar-refractivity contribution in [3.8, 4) is 22.9 Å². The number of rotatable bonds is 43. The Kier molecular flexibility index (Phi) is 36.3. The largest absolute Gasteiger partial charge is 0.491 e. The number of alkyl carbamates (subject to hydrolysis) is 2. The highest BCUT2D eigenvalue weighted by Crippen LogP contribution is 2.23. The van der Waals surface area contributed by atoms with Gasteiger partial charge in [0.15, 0.2) is 0 Å². The molecule has 0 aliphatic heterocycles. The van der Waals surface area contributed by atoms with E-state index in [2.05, 4.69) is 20.6 Å². The van der Waals surface area contributed by atoms with Crippen molar-refractivity contribution in [3.63, 3.8) is 0 Å². The number of alkyl halides is 1. The van der Waals surface area contributed by atoms with E-state index >= 15 is 0 Å². The fourth-order valence-corrected chi connectivity index (χ4v) is 4.89.